The monoisotopic (exact) mass is 231 g/mol. The van der Waals surface area contributed by atoms with Crippen LogP contribution < -0.4 is 5.32 Å². The summed E-state index contributed by atoms with van der Waals surface area (Å²) in [6, 6.07) is 6.20. The summed E-state index contributed by atoms with van der Waals surface area (Å²) in [6.45, 7) is 2.11. The average molecular weight is 231 g/mol. The third kappa shape index (κ3) is 2.58. The van der Waals surface area contributed by atoms with Crippen LogP contribution in [-0.4, -0.2) is 18.9 Å². The van der Waals surface area contributed by atoms with E-state index in [2.05, 4.69) is 24.4 Å². The minimum Gasteiger partial charge on any atom is -0.310 e. The molecule has 0 radical (unpaired) electrons. The normalized spacial score (nSPS) is 15.6. The molecule has 0 fully saturated rings. The van der Waals surface area contributed by atoms with E-state index in [-0.39, 0.29) is 11.8 Å². The van der Waals surface area contributed by atoms with Gasteiger partial charge in [-0.3, -0.25) is 4.79 Å². The fourth-order valence-electron chi connectivity index (χ4n) is 2.62. The Morgan fingerprint density at radius 1 is 1.35 bits per heavy atom. The molecule has 17 heavy (non-hydrogen) atoms. The Morgan fingerprint density at radius 3 is 2.82 bits per heavy atom. The molecule has 1 N–H and O–H groups in total. The summed E-state index contributed by atoms with van der Waals surface area (Å²) in [4.78, 5) is 12.3. The Balaban J connectivity index is 2.19. The van der Waals surface area contributed by atoms with Gasteiger partial charge in [-0.15, -0.1) is 0 Å². The summed E-state index contributed by atoms with van der Waals surface area (Å²) < 4.78 is 0. The van der Waals surface area contributed by atoms with E-state index in [9.17, 15) is 4.79 Å². The zero-order valence-corrected chi connectivity index (χ0v) is 10.8. The molecule has 0 heterocycles. The number of likely N-dealkylation sites (N-methyl/N-ethyl adjacent to an activating group) is 1. The molecule has 1 aliphatic carbocycles. The SMILES string of the molecule is CCC[C@@H](NC)C(=O)c1ccc2c(c1)CCC2. The van der Waals surface area contributed by atoms with Gasteiger partial charge in [-0.05, 0) is 49.9 Å². The van der Waals surface area contributed by atoms with E-state index in [1.807, 2.05) is 13.1 Å². The molecular weight excluding hydrogens is 210 g/mol. The number of nitrogens with one attached hydrogen (secondary N) is 1. The lowest BCUT2D eigenvalue weighted by Crippen LogP contribution is -2.33. The van der Waals surface area contributed by atoms with Gasteiger partial charge in [0.05, 0.1) is 6.04 Å². The quantitative estimate of drug-likeness (QED) is 0.789. The molecule has 92 valence electrons. The number of fused-ring (bicyclic) bond motifs is 1. The maximum absolute atomic E-state index is 12.3. The lowest BCUT2D eigenvalue weighted by atomic mass is 9.97. The van der Waals surface area contributed by atoms with Gasteiger partial charge in [-0.2, -0.15) is 0 Å². The van der Waals surface area contributed by atoms with Gasteiger partial charge in [-0.25, -0.2) is 0 Å². The summed E-state index contributed by atoms with van der Waals surface area (Å²) in [5.74, 6) is 0.240. The molecule has 0 bridgehead atoms. The van der Waals surface area contributed by atoms with Crippen molar-refractivity contribution in [3.8, 4) is 0 Å². The molecule has 0 saturated heterocycles. The zero-order valence-electron chi connectivity index (χ0n) is 10.8. The van der Waals surface area contributed by atoms with Crippen LogP contribution in [0.5, 0.6) is 0 Å². The summed E-state index contributed by atoms with van der Waals surface area (Å²) in [7, 11) is 1.87. The first-order valence-electron chi connectivity index (χ1n) is 6.59. The van der Waals surface area contributed by atoms with E-state index in [1.54, 1.807) is 0 Å². The van der Waals surface area contributed by atoms with Crippen molar-refractivity contribution in [3.05, 3.63) is 34.9 Å². The standard InChI is InChI=1S/C15H21NO/c1-3-5-14(16-2)15(17)13-9-8-11-6-4-7-12(11)10-13/h8-10,14,16H,3-7H2,1-2H3/t14-/m1/s1. The van der Waals surface area contributed by atoms with Crippen LogP contribution in [-0.2, 0) is 12.8 Å². The van der Waals surface area contributed by atoms with Crippen LogP contribution in [0.25, 0.3) is 0 Å². The van der Waals surface area contributed by atoms with E-state index >= 15 is 0 Å². The molecule has 1 aromatic carbocycles. The van der Waals surface area contributed by atoms with Crippen LogP contribution >= 0.6 is 0 Å². The third-order valence-corrected chi connectivity index (χ3v) is 3.63. The van der Waals surface area contributed by atoms with E-state index in [1.165, 1.54) is 24.0 Å². The fraction of sp³-hybridized carbons (Fsp3) is 0.533. The number of rotatable bonds is 5. The fourth-order valence-corrected chi connectivity index (χ4v) is 2.62. The zero-order chi connectivity index (χ0) is 12.3. The van der Waals surface area contributed by atoms with Gasteiger partial charge in [0.2, 0.25) is 0 Å². The second kappa shape index (κ2) is 5.46. The van der Waals surface area contributed by atoms with Gasteiger partial charge in [0.15, 0.2) is 5.78 Å². The number of hydrogen-bond donors (Lipinski definition) is 1. The van der Waals surface area contributed by atoms with Crippen LogP contribution in [0.3, 0.4) is 0 Å². The highest BCUT2D eigenvalue weighted by Gasteiger charge is 2.19. The van der Waals surface area contributed by atoms with Crippen LogP contribution in [0.2, 0.25) is 0 Å². The number of benzene rings is 1. The highest BCUT2D eigenvalue weighted by molar-refractivity contribution is 6.00. The molecule has 0 aliphatic heterocycles. The molecule has 0 unspecified atom stereocenters. The molecular formula is C15H21NO. The number of aryl methyl sites for hydroxylation is 2. The minimum absolute atomic E-state index is 0.0283. The van der Waals surface area contributed by atoms with Gasteiger partial charge >= 0.3 is 0 Å². The highest BCUT2D eigenvalue weighted by atomic mass is 16.1. The maximum Gasteiger partial charge on any atom is 0.179 e. The molecule has 0 aromatic heterocycles. The molecule has 1 aromatic rings. The molecule has 0 amide bonds. The molecule has 2 nitrogen and oxygen atoms in total. The number of carbonyl (C=O) groups excluding carboxylic acids is 1. The van der Waals surface area contributed by atoms with Gasteiger partial charge < -0.3 is 5.32 Å². The van der Waals surface area contributed by atoms with Crippen molar-refractivity contribution in [1.29, 1.82) is 0 Å². The molecule has 0 spiro atoms. The average Bonchev–Trinajstić information content (AvgIpc) is 2.82. The Morgan fingerprint density at radius 2 is 2.12 bits per heavy atom. The summed E-state index contributed by atoms with van der Waals surface area (Å²) in [6.07, 6.45) is 5.48. The van der Waals surface area contributed by atoms with Crippen molar-refractivity contribution in [2.24, 2.45) is 0 Å². The van der Waals surface area contributed by atoms with Gasteiger partial charge in [0.25, 0.3) is 0 Å². The molecule has 1 atom stereocenters. The Hall–Kier alpha value is -1.15. The van der Waals surface area contributed by atoms with Crippen LogP contribution in [0.1, 0.15) is 47.7 Å². The first-order chi connectivity index (χ1) is 8.26. The number of hydrogen-bond acceptors (Lipinski definition) is 2. The van der Waals surface area contributed by atoms with Crippen LogP contribution in [0.4, 0.5) is 0 Å². The molecule has 1 aliphatic rings. The largest absolute Gasteiger partial charge is 0.310 e. The van der Waals surface area contributed by atoms with Crippen LogP contribution in [0.15, 0.2) is 18.2 Å². The minimum atomic E-state index is -0.0283. The van der Waals surface area contributed by atoms with Crippen molar-refractivity contribution >= 4 is 5.78 Å². The van der Waals surface area contributed by atoms with E-state index in [4.69, 9.17) is 0 Å². The smallest absolute Gasteiger partial charge is 0.179 e. The summed E-state index contributed by atoms with van der Waals surface area (Å²) >= 11 is 0. The van der Waals surface area contributed by atoms with Crippen molar-refractivity contribution in [2.45, 2.75) is 45.1 Å². The summed E-state index contributed by atoms with van der Waals surface area (Å²) in [5, 5.41) is 3.12. The lowest BCUT2D eigenvalue weighted by Gasteiger charge is -2.14. The van der Waals surface area contributed by atoms with E-state index < -0.39 is 0 Å². The second-order valence-corrected chi connectivity index (χ2v) is 4.83. The first-order valence-corrected chi connectivity index (χ1v) is 6.59. The maximum atomic E-state index is 12.3. The third-order valence-electron chi connectivity index (χ3n) is 3.63. The molecule has 0 saturated carbocycles. The van der Waals surface area contributed by atoms with E-state index in [0.717, 1.165) is 24.8 Å². The number of Topliss-reactive ketones (excluding diaryl/α,β-unsaturated/α-hetero) is 1. The van der Waals surface area contributed by atoms with Crippen molar-refractivity contribution < 1.29 is 4.79 Å². The van der Waals surface area contributed by atoms with Gasteiger partial charge in [-0.1, -0.05) is 25.5 Å². The lowest BCUT2D eigenvalue weighted by molar-refractivity contribution is 0.0942. The second-order valence-electron chi connectivity index (χ2n) is 4.83. The van der Waals surface area contributed by atoms with Crippen molar-refractivity contribution in [1.82, 2.24) is 5.32 Å². The number of carbonyl (C=O) groups is 1. The predicted octanol–water partition coefficient (Wildman–Crippen LogP) is 2.75. The number of ketones is 1. The van der Waals surface area contributed by atoms with Gasteiger partial charge in [0.1, 0.15) is 0 Å². The Kier molecular flexibility index (Phi) is 3.95. The first kappa shape index (κ1) is 12.3. The summed E-state index contributed by atoms with van der Waals surface area (Å²) in [5.41, 5.74) is 3.68. The Labute approximate surface area is 103 Å². The van der Waals surface area contributed by atoms with Gasteiger partial charge in [0, 0.05) is 5.56 Å². The van der Waals surface area contributed by atoms with Crippen molar-refractivity contribution in [2.75, 3.05) is 7.05 Å². The van der Waals surface area contributed by atoms with Crippen LogP contribution in [0, 0.1) is 0 Å². The topological polar surface area (TPSA) is 29.1 Å². The Bertz CT molecular complexity index is 411. The van der Waals surface area contributed by atoms with Crippen molar-refractivity contribution in [3.63, 3.8) is 0 Å². The predicted molar refractivity (Wildman–Crippen MR) is 70.6 cm³/mol. The molecule has 2 heteroatoms. The molecule has 2 rings (SSSR count). The highest BCUT2D eigenvalue weighted by Crippen LogP contribution is 2.23. The van der Waals surface area contributed by atoms with E-state index in [0.29, 0.717) is 0 Å².